The molecule has 0 aromatic heterocycles. The molecule has 3 heterocycles. The van der Waals surface area contributed by atoms with Crippen LogP contribution in [0.25, 0.3) is 0 Å². The largest absolute Gasteiger partial charge is 0.298 e. The number of terminal acetylenes is 1. The third kappa shape index (κ3) is 3.07. The minimum Gasteiger partial charge on any atom is -0.298 e. The maximum Gasteiger partial charge on any atom is 0.253 e. The van der Waals surface area contributed by atoms with E-state index in [1.165, 1.54) is 9.80 Å². The van der Waals surface area contributed by atoms with Crippen LogP contribution in [0.3, 0.4) is 0 Å². The number of nitrogens with one attached hydrogen (secondary N) is 1. The van der Waals surface area contributed by atoms with Crippen molar-refractivity contribution in [2.45, 2.75) is 18.0 Å². The van der Waals surface area contributed by atoms with Crippen LogP contribution in [0, 0.1) is 24.2 Å². The van der Waals surface area contributed by atoms with Gasteiger partial charge in [-0.25, -0.2) is 4.90 Å². The van der Waals surface area contributed by atoms with Crippen LogP contribution < -0.4 is 15.1 Å². The number of fused-ring (bicyclic) bond motifs is 4. The van der Waals surface area contributed by atoms with E-state index in [1.807, 2.05) is 54.6 Å². The van der Waals surface area contributed by atoms with E-state index < -0.39 is 29.3 Å². The van der Waals surface area contributed by atoms with E-state index >= 15 is 0 Å². The Morgan fingerprint density at radius 2 is 1.69 bits per heavy atom. The maximum absolute atomic E-state index is 14.1. The van der Waals surface area contributed by atoms with Gasteiger partial charge in [0.25, 0.3) is 5.91 Å². The van der Waals surface area contributed by atoms with Crippen LogP contribution in [0.5, 0.6) is 0 Å². The van der Waals surface area contributed by atoms with Gasteiger partial charge in [-0.15, -0.1) is 6.42 Å². The molecule has 6 rings (SSSR count). The molecule has 178 valence electrons. The second kappa shape index (κ2) is 8.34. The van der Waals surface area contributed by atoms with Crippen LogP contribution in [0.2, 0.25) is 5.02 Å². The third-order valence-electron chi connectivity index (χ3n) is 7.48. The number of para-hydroxylation sites is 1. The molecule has 3 aliphatic rings. The first-order chi connectivity index (χ1) is 17.5. The lowest BCUT2D eigenvalue weighted by molar-refractivity contribution is -0.132. The highest BCUT2D eigenvalue weighted by Gasteiger charge is 2.71. The maximum atomic E-state index is 14.1. The molecule has 3 aromatic rings. The Bertz CT molecular complexity index is 1450. The predicted octanol–water partition coefficient (Wildman–Crippen LogP) is 3.54. The smallest absolute Gasteiger partial charge is 0.253 e. The van der Waals surface area contributed by atoms with Crippen LogP contribution in [-0.4, -0.2) is 30.3 Å². The lowest BCUT2D eigenvalue weighted by Gasteiger charge is -2.30. The topological polar surface area (TPSA) is 69.7 Å². The zero-order valence-electron chi connectivity index (χ0n) is 19.2. The number of imide groups is 1. The number of carbonyl (C=O) groups is 3. The lowest BCUT2D eigenvalue weighted by Crippen LogP contribution is -2.55. The molecule has 1 N–H and O–H groups in total. The van der Waals surface area contributed by atoms with E-state index in [1.54, 1.807) is 24.3 Å². The summed E-state index contributed by atoms with van der Waals surface area (Å²) in [5.41, 5.74) is 1.35. The van der Waals surface area contributed by atoms with Crippen molar-refractivity contribution in [3.8, 4) is 12.3 Å². The molecule has 0 radical (unpaired) electrons. The fourth-order valence-corrected chi connectivity index (χ4v) is 6.29. The van der Waals surface area contributed by atoms with E-state index in [9.17, 15) is 14.4 Å². The monoisotopic (exact) mass is 495 g/mol. The van der Waals surface area contributed by atoms with Gasteiger partial charge in [0.1, 0.15) is 5.54 Å². The van der Waals surface area contributed by atoms with Crippen molar-refractivity contribution in [2.75, 3.05) is 16.3 Å². The molecule has 3 aliphatic heterocycles. The first-order valence-corrected chi connectivity index (χ1v) is 12.1. The Labute approximate surface area is 213 Å². The number of anilines is 2. The number of rotatable bonds is 4. The van der Waals surface area contributed by atoms with E-state index in [-0.39, 0.29) is 18.4 Å². The quantitative estimate of drug-likeness (QED) is 0.444. The Hall–Kier alpha value is -3.92. The molecule has 3 aromatic carbocycles. The second-order valence-corrected chi connectivity index (χ2v) is 9.79. The summed E-state index contributed by atoms with van der Waals surface area (Å²) in [6.45, 7) is 0.0696. The summed E-state index contributed by atoms with van der Waals surface area (Å²) in [7, 11) is 0. The van der Waals surface area contributed by atoms with Gasteiger partial charge in [0, 0.05) is 16.6 Å². The number of benzene rings is 3. The summed E-state index contributed by atoms with van der Waals surface area (Å²) in [5, 5.41) is 3.92. The number of hydrogen-bond acceptors (Lipinski definition) is 4. The summed E-state index contributed by atoms with van der Waals surface area (Å²) >= 11 is 6.20. The molecule has 7 heteroatoms. The third-order valence-corrected chi connectivity index (χ3v) is 7.72. The second-order valence-electron chi connectivity index (χ2n) is 9.36. The minimum absolute atomic E-state index is 0.0696. The van der Waals surface area contributed by atoms with E-state index in [4.69, 9.17) is 18.0 Å². The number of halogens is 1. The van der Waals surface area contributed by atoms with Crippen molar-refractivity contribution in [2.24, 2.45) is 11.8 Å². The summed E-state index contributed by atoms with van der Waals surface area (Å²) in [5.74, 6) is -0.154. The molecular weight excluding hydrogens is 474 g/mol. The van der Waals surface area contributed by atoms with Crippen LogP contribution in [0.4, 0.5) is 11.4 Å². The van der Waals surface area contributed by atoms with Gasteiger partial charge in [-0.1, -0.05) is 72.1 Å². The van der Waals surface area contributed by atoms with E-state index in [0.717, 1.165) is 5.56 Å². The molecule has 2 saturated heterocycles. The standard InChI is InChI=1S/C29H22ClN3O3/c1-2-15-32-23-14-7-6-13-21(23)29(28(32)36)25-24(22(31-29)16-18-9-4-3-5-10-18)26(34)33(27(25)35)20-12-8-11-19(30)17-20/h1,3-14,17,22,24-25,31H,15-16H2/t22-,24-,25-,29+/m1/s1. The summed E-state index contributed by atoms with van der Waals surface area (Å²) in [4.78, 5) is 44.9. The summed E-state index contributed by atoms with van der Waals surface area (Å²) < 4.78 is 0. The van der Waals surface area contributed by atoms with Gasteiger partial charge in [-0.3, -0.25) is 24.6 Å². The van der Waals surface area contributed by atoms with Crippen LogP contribution in [-0.2, 0) is 26.3 Å². The van der Waals surface area contributed by atoms with E-state index in [2.05, 4.69) is 11.2 Å². The van der Waals surface area contributed by atoms with Crippen molar-refractivity contribution < 1.29 is 14.4 Å². The van der Waals surface area contributed by atoms with Crippen LogP contribution >= 0.6 is 11.6 Å². The molecular formula is C29H22ClN3O3. The Kier molecular flexibility index (Phi) is 5.22. The average molecular weight is 496 g/mol. The molecule has 2 fully saturated rings. The van der Waals surface area contributed by atoms with Gasteiger partial charge in [0.15, 0.2) is 0 Å². The van der Waals surface area contributed by atoms with Crippen molar-refractivity contribution in [1.29, 1.82) is 0 Å². The highest BCUT2D eigenvalue weighted by molar-refractivity contribution is 6.31. The van der Waals surface area contributed by atoms with Gasteiger partial charge in [-0.05, 0) is 36.2 Å². The van der Waals surface area contributed by atoms with Crippen molar-refractivity contribution >= 4 is 40.7 Å². The van der Waals surface area contributed by atoms with Gasteiger partial charge >= 0.3 is 0 Å². The fourth-order valence-electron chi connectivity index (χ4n) is 6.11. The highest BCUT2D eigenvalue weighted by Crippen LogP contribution is 2.55. The molecule has 0 unspecified atom stereocenters. The van der Waals surface area contributed by atoms with Crippen LogP contribution in [0.15, 0.2) is 78.9 Å². The molecule has 1 spiro atoms. The van der Waals surface area contributed by atoms with E-state index in [0.29, 0.717) is 28.4 Å². The van der Waals surface area contributed by atoms with Gasteiger partial charge in [0.2, 0.25) is 11.8 Å². The van der Waals surface area contributed by atoms with Crippen LogP contribution in [0.1, 0.15) is 11.1 Å². The minimum atomic E-state index is -1.39. The summed E-state index contributed by atoms with van der Waals surface area (Å²) in [6.07, 6.45) is 6.09. The Balaban J connectivity index is 1.52. The van der Waals surface area contributed by atoms with Gasteiger partial charge in [0.05, 0.1) is 29.8 Å². The number of hydrogen-bond donors (Lipinski definition) is 1. The average Bonchev–Trinajstić information content (AvgIpc) is 3.44. The molecule has 36 heavy (non-hydrogen) atoms. The predicted molar refractivity (Wildman–Crippen MR) is 137 cm³/mol. The Morgan fingerprint density at radius 1 is 0.944 bits per heavy atom. The molecule has 0 bridgehead atoms. The normalized spacial score (nSPS) is 26.4. The molecule has 3 amide bonds. The first kappa shape index (κ1) is 22.5. The fraction of sp³-hybridized carbons (Fsp3) is 0.207. The van der Waals surface area contributed by atoms with Gasteiger partial charge < -0.3 is 0 Å². The SMILES string of the molecule is C#CCN1C(=O)[C@]2(N[C@H](Cc3ccccc3)[C@H]3C(=O)N(c4cccc(Cl)c4)C(=O)[C@@H]32)c2ccccc21. The molecule has 0 aliphatic carbocycles. The number of amides is 3. The van der Waals surface area contributed by atoms with Crippen molar-refractivity contribution in [1.82, 2.24) is 5.32 Å². The molecule has 4 atom stereocenters. The van der Waals surface area contributed by atoms with Crippen molar-refractivity contribution in [3.05, 3.63) is 95.0 Å². The van der Waals surface area contributed by atoms with Gasteiger partial charge in [-0.2, -0.15) is 0 Å². The molecule has 0 saturated carbocycles. The number of nitrogens with zero attached hydrogens (tertiary/aromatic N) is 2. The zero-order chi connectivity index (χ0) is 25.0. The highest BCUT2D eigenvalue weighted by atomic mass is 35.5. The molecule has 6 nitrogen and oxygen atoms in total. The van der Waals surface area contributed by atoms with Crippen molar-refractivity contribution in [3.63, 3.8) is 0 Å². The first-order valence-electron chi connectivity index (χ1n) is 11.8. The lowest BCUT2D eigenvalue weighted by atomic mass is 9.76. The number of carbonyl (C=O) groups excluding carboxylic acids is 3. The Morgan fingerprint density at radius 3 is 2.44 bits per heavy atom. The summed E-state index contributed by atoms with van der Waals surface area (Å²) in [6, 6.07) is 23.3. The zero-order valence-corrected chi connectivity index (χ0v) is 20.0.